The topological polar surface area (TPSA) is 96.0 Å². The van der Waals surface area contributed by atoms with Gasteiger partial charge in [-0.3, -0.25) is 8.98 Å². The molecule has 0 radical (unpaired) electrons. The molecule has 0 N–H and O–H groups in total. The third kappa shape index (κ3) is 2.57. The summed E-state index contributed by atoms with van der Waals surface area (Å²) in [5, 5.41) is 0. The van der Waals surface area contributed by atoms with Gasteiger partial charge in [0.15, 0.2) is 0 Å². The van der Waals surface area contributed by atoms with Gasteiger partial charge in [-0.2, -0.15) is 0 Å². The number of amides is 1. The fraction of sp³-hybridized carbons (Fsp3) is 0.609. The Labute approximate surface area is 188 Å². The van der Waals surface area contributed by atoms with E-state index in [1.165, 1.54) is 37.2 Å². The third-order valence-corrected chi connectivity index (χ3v) is 9.52. The summed E-state index contributed by atoms with van der Waals surface area (Å²) in [7, 11) is -1.14. The number of rotatable bonds is 1. The maximum absolute atomic E-state index is 13.3. The lowest BCUT2D eigenvalue weighted by Gasteiger charge is -2.59. The molecule has 7 rings (SSSR count). The highest BCUT2D eigenvalue weighted by atomic mass is 32.3. The van der Waals surface area contributed by atoms with Crippen LogP contribution in [0.5, 0.6) is 0 Å². The monoisotopic (exact) mass is 460 g/mol. The lowest BCUT2D eigenvalue weighted by Crippen LogP contribution is -2.72. The molecule has 8 nitrogen and oxygen atoms in total. The smallest absolute Gasteiger partial charge is 0.229 e. The van der Waals surface area contributed by atoms with Gasteiger partial charge in [0.25, 0.3) is 0 Å². The average molecular weight is 461 g/mol. The molecule has 1 saturated carbocycles. The number of quaternary nitrogens is 1. The molecule has 1 unspecified atom stereocenters. The molecular formula is C23H28N2O6S. The Kier molecular flexibility index (Phi) is 4.31. The van der Waals surface area contributed by atoms with Crippen molar-refractivity contribution in [2.45, 2.75) is 42.9 Å². The number of benzene rings is 1. The van der Waals surface area contributed by atoms with Crippen molar-refractivity contribution in [1.29, 1.82) is 0 Å². The SMILES string of the molecule is COS(=O)(=O)[O-].C[N+]12CC[C@@]34c5ccccc5N5C(=O)C[C@@H]6OCC=C(C1)[C@H](C[C@@H]32)[C@@H]6[C@H]54. The first kappa shape index (κ1) is 20.8. The summed E-state index contributed by atoms with van der Waals surface area (Å²) >= 11 is 0. The van der Waals surface area contributed by atoms with Crippen LogP contribution in [0.2, 0.25) is 0 Å². The first-order valence-electron chi connectivity index (χ1n) is 11.3. The number of carbonyl (C=O) groups excluding carboxylic acids is 1. The summed E-state index contributed by atoms with van der Waals surface area (Å²) < 4.78 is 38.5. The maximum Gasteiger partial charge on any atom is 0.229 e. The minimum atomic E-state index is -4.41. The highest BCUT2D eigenvalue weighted by molar-refractivity contribution is 7.80. The van der Waals surface area contributed by atoms with E-state index in [-0.39, 0.29) is 17.4 Å². The molecule has 1 aromatic carbocycles. The molecule has 3 saturated heterocycles. The van der Waals surface area contributed by atoms with Gasteiger partial charge in [0, 0.05) is 24.4 Å². The molecule has 172 valence electrons. The van der Waals surface area contributed by atoms with Crippen LogP contribution in [-0.2, 0) is 29.5 Å². The standard InChI is InChI=1S/C22H25N2O2.CH4O4S/c1-24-8-7-22-15-4-2-3-5-16(15)23-19(25)11-17-20(21(22)23)14(10-18(22)24)13(12-24)6-9-26-17;1-5-6(2,3)4/h2-6,14,17-18,20-21H,7-12H2,1H3;1H3,(H,2,3,4)/q+1;/p-1/t14-,17-,18-,20-,21-,22+,24?;/m0./s1. The van der Waals surface area contributed by atoms with E-state index in [2.05, 4.69) is 46.5 Å². The molecule has 1 spiro atoms. The van der Waals surface area contributed by atoms with Crippen LogP contribution in [-0.4, -0.2) is 75.4 Å². The molecule has 9 heteroatoms. The van der Waals surface area contributed by atoms with Crippen LogP contribution in [0.3, 0.4) is 0 Å². The average Bonchev–Trinajstić information content (AvgIpc) is 3.17. The quantitative estimate of drug-likeness (QED) is 0.272. The van der Waals surface area contributed by atoms with Gasteiger partial charge in [0.05, 0.1) is 51.3 Å². The summed E-state index contributed by atoms with van der Waals surface area (Å²) in [6.07, 6.45) is 5.51. The maximum atomic E-state index is 13.3. The molecule has 32 heavy (non-hydrogen) atoms. The van der Waals surface area contributed by atoms with Crippen molar-refractivity contribution in [3.8, 4) is 0 Å². The number of hydrogen-bond donors (Lipinski definition) is 0. The van der Waals surface area contributed by atoms with Crippen molar-refractivity contribution < 1.29 is 31.2 Å². The van der Waals surface area contributed by atoms with E-state index in [9.17, 15) is 17.8 Å². The van der Waals surface area contributed by atoms with Crippen LogP contribution in [0.4, 0.5) is 5.69 Å². The molecule has 1 aromatic rings. The molecule has 4 fully saturated rings. The number of para-hydroxylation sites is 1. The van der Waals surface area contributed by atoms with Gasteiger partial charge < -0.3 is 18.7 Å². The van der Waals surface area contributed by atoms with Gasteiger partial charge in [-0.1, -0.05) is 24.3 Å². The number of anilines is 1. The van der Waals surface area contributed by atoms with E-state index in [0.717, 1.165) is 11.6 Å². The molecular weight excluding hydrogens is 432 g/mol. The number of carbonyl (C=O) groups is 1. The van der Waals surface area contributed by atoms with Gasteiger partial charge >= 0.3 is 0 Å². The Bertz CT molecular complexity index is 1140. The summed E-state index contributed by atoms with van der Waals surface area (Å²) in [6, 6.07) is 9.76. The molecule has 0 aromatic heterocycles. The lowest BCUT2D eigenvalue weighted by atomic mass is 9.53. The van der Waals surface area contributed by atoms with Crippen LogP contribution in [0.15, 0.2) is 35.9 Å². The fourth-order valence-corrected chi connectivity index (χ4v) is 8.14. The van der Waals surface area contributed by atoms with E-state index in [4.69, 9.17) is 4.74 Å². The Hall–Kier alpha value is -1.78. The molecule has 5 heterocycles. The second kappa shape index (κ2) is 6.64. The highest BCUT2D eigenvalue weighted by Crippen LogP contribution is 2.67. The van der Waals surface area contributed by atoms with Crippen molar-refractivity contribution in [2.75, 3.05) is 38.8 Å². The van der Waals surface area contributed by atoms with Gasteiger partial charge in [-0.05, 0) is 23.1 Å². The number of nitrogens with zero attached hydrogens (tertiary/aromatic N) is 2. The number of likely N-dealkylation sites (N-methyl/N-ethyl adjacent to an activating group) is 1. The summed E-state index contributed by atoms with van der Waals surface area (Å²) in [4.78, 5) is 15.5. The van der Waals surface area contributed by atoms with Crippen LogP contribution < -0.4 is 4.90 Å². The second-order valence-corrected chi connectivity index (χ2v) is 11.4. The van der Waals surface area contributed by atoms with Crippen LogP contribution >= 0.6 is 0 Å². The van der Waals surface area contributed by atoms with Gasteiger partial charge in [-0.25, -0.2) is 8.42 Å². The Morgan fingerprint density at radius 1 is 1.31 bits per heavy atom. The first-order valence-corrected chi connectivity index (χ1v) is 12.6. The number of ether oxygens (including phenoxy) is 1. The van der Waals surface area contributed by atoms with E-state index >= 15 is 0 Å². The molecule has 5 aliphatic heterocycles. The van der Waals surface area contributed by atoms with Crippen molar-refractivity contribution in [2.24, 2.45) is 11.8 Å². The number of fused-ring (bicyclic) bond motifs is 2. The second-order valence-electron chi connectivity index (χ2n) is 10.2. The fourth-order valence-electron chi connectivity index (χ4n) is 8.14. The summed E-state index contributed by atoms with van der Waals surface area (Å²) in [6.45, 7) is 3.12. The molecule has 6 aliphatic rings. The zero-order chi connectivity index (χ0) is 22.5. The van der Waals surface area contributed by atoms with E-state index in [1.807, 2.05) is 0 Å². The van der Waals surface area contributed by atoms with Crippen LogP contribution in [0.25, 0.3) is 0 Å². The normalized spacial score (nSPS) is 42.5. The Balaban J connectivity index is 0.000000292. The Morgan fingerprint density at radius 2 is 2.06 bits per heavy atom. The minimum Gasteiger partial charge on any atom is -0.726 e. The van der Waals surface area contributed by atoms with Gasteiger partial charge in [0.2, 0.25) is 16.3 Å². The zero-order valence-corrected chi connectivity index (χ0v) is 19.1. The predicted molar refractivity (Wildman–Crippen MR) is 114 cm³/mol. The van der Waals surface area contributed by atoms with Gasteiger partial charge in [-0.15, -0.1) is 0 Å². The lowest BCUT2D eigenvalue weighted by molar-refractivity contribution is -0.925. The number of hydrogen-bond acceptors (Lipinski definition) is 6. The van der Waals surface area contributed by atoms with E-state index in [0.29, 0.717) is 36.9 Å². The molecule has 2 bridgehead atoms. The number of piperidine rings is 2. The van der Waals surface area contributed by atoms with E-state index in [1.54, 1.807) is 5.57 Å². The van der Waals surface area contributed by atoms with E-state index < -0.39 is 10.4 Å². The third-order valence-electron chi connectivity index (χ3n) is 9.11. The van der Waals surface area contributed by atoms with Crippen molar-refractivity contribution in [3.05, 3.63) is 41.5 Å². The predicted octanol–water partition coefficient (Wildman–Crippen LogP) is 1.33. The van der Waals surface area contributed by atoms with Crippen molar-refractivity contribution >= 4 is 22.0 Å². The summed E-state index contributed by atoms with van der Waals surface area (Å²) in [5.41, 5.74) is 4.43. The summed E-state index contributed by atoms with van der Waals surface area (Å²) in [5.74, 6) is 1.36. The molecule has 1 amide bonds. The van der Waals surface area contributed by atoms with Crippen LogP contribution in [0, 0.1) is 11.8 Å². The minimum absolute atomic E-state index is 0.104. The Morgan fingerprint density at radius 3 is 2.81 bits per heavy atom. The van der Waals surface area contributed by atoms with Gasteiger partial charge in [0.1, 0.15) is 12.6 Å². The van der Waals surface area contributed by atoms with Crippen LogP contribution in [0.1, 0.15) is 24.8 Å². The van der Waals surface area contributed by atoms with Crippen molar-refractivity contribution in [3.63, 3.8) is 0 Å². The highest BCUT2D eigenvalue weighted by Gasteiger charge is 2.75. The molecule has 1 aliphatic carbocycles. The first-order chi connectivity index (χ1) is 15.2. The zero-order valence-electron chi connectivity index (χ0n) is 18.3. The molecule has 7 atom stereocenters. The largest absolute Gasteiger partial charge is 0.726 e. The van der Waals surface area contributed by atoms with Crippen molar-refractivity contribution in [1.82, 2.24) is 0 Å².